The van der Waals surface area contributed by atoms with E-state index in [4.69, 9.17) is 4.74 Å². The molecule has 10 heteroatoms. The molecule has 2 N–H and O–H groups in total. The van der Waals surface area contributed by atoms with Gasteiger partial charge in [-0.25, -0.2) is 9.18 Å². The average Bonchev–Trinajstić information content (AvgIpc) is 3.26. The van der Waals surface area contributed by atoms with Crippen molar-refractivity contribution in [3.05, 3.63) is 65.6 Å². The molecule has 4 rings (SSSR count). The highest BCUT2D eigenvalue weighted by Crippen LogP contribution is 2.25. The third-order valence-corrected chi connectivity index (χ3v) is 6.94. The number of alkyl carbamates (subject to hydrolysis) is 1. The Kier molecular flexibility index (Phi) is 8.76. The third kappa shape index (κ3) is 6.97. The summed E-state index contributed by atoms with van der Waals surface area (Å²) in [6.07, 6.45) is 0.341. The van der Waals surface area contributed by atoms with Crippen LogP contribution in [0.25, 0.3) is 10.9 Å². The quantitative estimate of drug-likeness (QED) is 0.450. The maximum atomic E-state index is 13.7. The van der Waals surface area contributed by atoms with E-state index in [9.17, 15) is 18.8 Å². The van der Waals surface area contributed by atoms with Crippen molar-refractivity contribution >= 4 is 28.8 Å². The first-order valence-electron chi connectivity index (χ1n) is 13.7. The summed E-state index contributed by atoms with van der Waals surface area (Å²) in [4.78, 5) is 40.9. The Morgan fingerprint density at radius 1 is 1.02 bits per heavy atom. The molecular formula is C30H38FN5O4. The lowest BCUT2D eigenvalue weighted by atomic mass is 9.85. The summed E-state index contributed by atoms with van der Waals surface area (Å²) >= 11 is 0. The number of nitrogens with one attached hydrogen (secondary N) is 2. The molecule has 0 saturated carbocycles. The SMILES string of the molecule is CC(C)NC(=O)OC1CCN(C(=O)C(NC(=O)c2nn(Cc3ccc(F)cc3)c3ccccc23)C(C)(C)C)CC1. The zero-order valence-electron chi connectivity index (χ0n) is 23.7. The van der Waals surface area contributed by atoms with Gasteiger partial charge in [-0.3, -0.25) is 14.3 Å². The van der Waals surface area contributed by atoms with Crippen molar-refractivity contribution in [2.75, 3.05) is 13.1 Å². The number of amides is 3. The van der Waals surface area contributed by atoms with E-state index in [1.54, 1.807) is 21.7 Å². The van der Waals surface area contributed by atoms with Crippen molar-refractivity contribution in [1.29, 1.82) is 0 Å². The van der Waals surface area contributed by atoms with Gasteiger partial charge in [-0.2, -0.15) is 5.10 Å². The van der Waals surface area contributed by atoms with Crippen LogP contribution >= 0.6 is 0 Å². The first-order chi connectivity index (χ1) is 18.9. The van der Waals surface area contributed by atoms with Crippen molar-refractivity contribution in [2.24, 2.45) is 5.41 Å². The van der Waals surface area contributed by atoms with Crippen LogP contribution in [0.15, 0.2) is 48.5 Å². The molecule has 1 saturated heterocycles. The zero-order chi connectivity index (χ0) is 29.0. The van der Waals surface area contributed by atoms with Crippen LogP contribution in [-0.4, -0.2) is 63.9 Å². The van der Waals surface area contributed by atoms with Crippen LogP contribution in [0.1, 0.15) is 63.5 Å². The smallest absolute Gasteiger partial charge is 0.407 e. The number of aromatic nitrogens is 2. The number of rotatable bonds is 7. The summed E-state index contributed by atoms with van der Waals surface area (Å²) in [5.74, 6) is -0.938. The summed E-state index contributed by atoms with van der Waals surface area (Å²) in [7, 11) is 0. The fraction of sp³-hybridized carbons (Fsp3) is 0.467. The summed E-state index contributed by atoms with van der Waals surface area (Å²) in [6, 6.07) is 12.8. The van der Waals surface area contributed by atoms with Crippen LogP contribution in [0.3, 0.4) is 0 Å². The van der Waals surface area contributed by atoms with E-state index in [1.807, 2.05) is 58.9 Å². The van der Waals surface area contributed by atoms with Crippen molar-refractivity contribution in [3.63, 3.8) is 0 Å². The molecule has 1 aliphatic heterocycles. The Hall–Kier alpha value is -3.95. The van der Waals surface area contributed by atoms with Gasteiger partial charge in [0.15, 0.2) is 5.69 Å². The minimum atomic E-state index is -0.789. The molecule has 1 aliphatic rings. The molecule has 214 valence electrons. The van der Waals surface area contributed by atoms with E-state index >= 15 is 0 Å². The molecule has 3 amide bonds. The summed E-state index contributed by atoms with van der Waals surface area (Å²) < 4.78 is 20.6. The van der Waals surface area contributed by atoms with Crippen LogP contribution in [0.2, 0.25) is 0 Å². The molecule has 2 heterocycles. The normalized spacial score (nSPS) is 15.2. The van der Waals surface area contributed by atoms with Gasteiger partial charge in [0.05, 0.1) is 12.1 Å². The van der Waals surface area contributed by atoms with Gasteiger partial charge in [0.1, 0.15) is 18.0 Å². The number of hydrogen-bond donors (Lipinski definition) is 2. The lowest BCUT2D eigenvalue weighted by Crippen LogP contribution is -2.56. The topological polar surface area (TPSA) is 106 Å². The van der Waals surface area contributed by atoms with Crippen LogP contribution in [0.5, 0.6) is 0 Å². The van der Waals surface area contributed by atoms with Crippen LogP contribution < -0.4 is 10.6 Å². The second kappa shape index (κ2) is 12.1. The van der Waals surface area contributed by atoms with E-state index in [1.165, 1.54) is 12.1 Å². The number of carbonyl (C=O) groups is 3. The fourth-order valence-electron chi connectivity index (χ4n) is 4.82. The predicted molar refractivity (Wildman–Crippen MR) is 150 cm³/mol. The first-order valence-corrected chi connectivity index (χ1v) is 13.7. The van der Waals surface area contributed by atoms with Crippen LogP contribution in [0, 0.1) is 11.2 Å². The van der Waals surface area contributed by atoms with Gasteiger partial charge >= 0.3 is 6.09 Å². The molecule has 0 aliphatic carbocycles. The zero-order valence-corrected chi connectivity index (χ0v) is 23.7. The van der Waals surface area contributed by atoms with Crippen LogP contribution in [-0.2, 0) is 16.1 Å². The third-order valence-electron chi connectivity index (χ3n) is 6.94. The number of hydrogen-bond acceptors (Lipinski definition) is 5. The number of halogens is 1. The largest absolute Gasteiger partial charge is 0.446 e. The molecular weight excluding hydrogens is 513 g/mol. The first kappa shape index (κ1) is 29.0. The number of ether oxygens (including phenoxy) is 1. The molecule has 40 heavy (non-hydrogen) atoms. The standard InChI is InChI=1S/C30H38FN5O4/c1-19(2)32-29(39)40-22-14-16-35(17-15-22)28(38)26(30(3,4)5)33-27(37)25-23-8-6-7-9-24(23)36(34-25)18-20-10-12-21(31)13-11-20/h6-13,19,22,26H,14-18H2,1-5H3,(H,32,39)(H,33,37). The molecule has 2 aromatic carbocycles. The van der Waals surface area contributed by atoms with E-state index in [0.717, 1.165) is 11.1 Å². The van der Waals surface area contributed by atoms with Gasteiger partial charge in [0.25, 0.3) is 5.91 Å². The second-order valence-corrected chi connectivity index (χ2v) is 11.7. The van der Waals surface area contributed by atoms with E-state index < -0.39 is 23.5 Å². The molecule has 0 spiro atoms. The van der Waals surface area contributed by atoms with Gasteiger partial charge in [-0.15, -0.1) is 0 Å². The lowest BCUT2D eigenvalue weighted by Gasteiger charge is -2.38. The summed E-state index contributed by atoms with van der Waals surface area (Å²) in [5, 5.41) is 10.9. The number of nitrogens with zero attached hydrogens (tertiary/aromatic N) is 3. The maximum absolute atomic E-state index is 13.7. The van der Waals surface area contributed by atoms with E-state index in [2.05, 4.69) is 15.7 Å². The number of likely N-dealkylation sites (tertiary alicyclic amines) is 1. The van der Waals surface area contributed by atoms with Gasteiger partial charge in [0, 0.05) is 37.4 Å². The highest BCUT2D eigenvalue weighted by Gasteiger charge is 2.38. The Bertz CT molecular complexity index is 1350. The molecule has 0 radical (unpaired) electrons. The van der Waals surface area contributed by atoms with Crippen molar-refractivity contribution in [2.45, 2.75) is 72.2 Å². The van der Waals surface area contributed by atoms with Gasteiger partial charge in [-0.05, 0) is 43.0 Å². The monoisotopic (exact) mass is 551 g/mol. The number of benzene rings is 2. The predicted octanol–water partition coefficient (Wildman–Crippen LogP) is 4.49. The molecule has 0 bridgehead atoms. The molecule has 1 atom stereocenters. The van der Waals surface area contributed by atoms with Gasteiger partial charge in [-0.1, -0.05) is 51.1 Å². The van der Waals surface area contributed by atoms with E-state index in [0.29, 0.717) is 37.9 Å². The Morgan fingerprint density at radius 2 is 1.68 bits per heavy atom. The van der Waals surface area contributed by atoms with Gasteiger partial charge in [0.2, 0.25) is 5.91 Å². The number of piperidine rings is 1. The average molecular weight is 552 g/mol. The Balaban J connectivity index is 1.48. The van der Waals surface area contributed by atoms with Crippen molar-refractivity contribution in [1.82, 2.24) is 25.3 Å². The molecule has 1 unspecified atom stereocenters. The van der Waals surface area contributed by atoms with Crippen LogP contribution in [0.4, 0.5) is 9.18 Å². The van der Waals surface area contributed by atoms with Crippen molar-refractivity contribution in [3.8, 4) is 0 Å². The van der Waals surface area contributed by atoms with E-state index in [-0.39, 0.29) is 29.6 Å². The Labute approximate surface area is 234 Å². The molecule has 3 aromatic rings. The minimum Gasteiger partial charge on any atom is -0.446 e. The number of para-hydroxylation sites is 1. The molecule has 1 aromatic heterocycles. The van der Waals surface area contributed by atoms with Gasteiger partial charge < -0.3 is 20.3 Å². The summed E-state index contributed by atoms with van der Waals surface area (Å²) in [5.41, 5.74) is 1.27. The lowest BCUT2D eigenvalue weighted by molar-refractivity contribution is -0.137. The summed E-state index contributed by atoms with van der Waals surface area (Å²) in [6.45, 7) is 10.7. The number of carbonyl (C=O) groups excluding carboxylic acids is 3. The highest BCUT2D eigenvalue weighted by molar-refractivity contribution is 6.06. The Morgan fingerprint density at radius 3 is 2.30 bits per heavy atom. The fourth-order valence-corrected chi connectivity index (χ4v) is 4.82. The van der Waals surface area contributed by atoms with Crippen molar-refractivity contribution < 1.29 is 23.5 Å². The molecule has 9 nitrogen and oxygen atoms in total. The number of fused-ring (bicyclic) bond motifs is 1. The molecule has 1 fully saturated rings. The maximum Gasteiger partial charge on any atom is 0.407 e. The second-order valence-electron chi connectivity index (χ2n) is 11.7. The highest BCUT2D eigenvalue weighted by atomic mass is 19.1. The minimum absolute atomic E-state index is 0.0169.